The van der Waals surface area contributed by atoms with E-state index in [9.17, 15) is 8.42 Å². The molecule has 3 heteroatoms. The minimum Gasteiger partial charge on any atom is -0.223 e. The van der Waals surface area contributed by atoms with Crippen LogP contribution in [0.25, 0.3) is 0 Å². The highest BCUT2D eigenvalue weighted by Gasteiger charge is 2.37. The van der Waals surface area contributed by atoms with Crippen molar-refractivity contribution in [3.05, 3.63) is 41.5 Å². The molecule has 0 radical (unpaired) electrons. The zero-order valence-electron chi connectivity index (χ0n) is 10.8. The Kier molecular flexibility index (Phi) is 3.85. The lowest BCUT2D eigenvalue weighted by Crippen LogP contribution is -2.33. The second kappa shape index (κ2) is 4.67. The first-order valence-corrected chi connectivity index (χ1v) is 7.26. The predicted molar refractivity (Wildman–Crippen MR) is 72.3 cm³/mol. The van der Waals surface area contributed by atoms with Gasteiger partial charge in [-0.25, -0.2) is 8.42 Å². The van der Waals surface area contributed by atoms with Crippen molar-refractivity contribution in [2.24, 2.45) is 5.41 Å². The quantitative estimate of drug-likeness (QED) is 0.721. The fourth-order valence-corrected chi connectivity index (χ4v) is 4.11. The van der Waals surface area contributed by atoms with Crippen LogP contribution in [0.15, 0.2) is 41.5 Å². The van der Waals surface area contributed by atoms with E-state index in [1.165, 1.54) is 0 Å². The summed E-state index contributed by atoms with van der Waals surface area (Å²) in [4.78, 5) is 0. The maximum absolute atomic E-state index is 12.1. The van der Waals surface area contributed by atoms with E-state index in [2.05, 4.69) is 32.7 Å². The summed E-state index contributed by atoms with van der Waals surface area (Å²) in [5.74, 6) is 0. The Hall–Kier alpha value is -1.05. The van der Waals surface area contributed by atoms with E-state index in [1.807, 2.05) is 6.92 Å². The topological polar surface area (TPSA) is 34.1 Å². The lowest BCUT2D eigenvalue weighted by atomic mass is 9.74. The van der Waals surface area contributed by atoms with Crippen LogP contribution in [0.4, 0.5) is 0 Å². The molecule has 0 aliphatic heterocycles. The van der Waals surface area contributed by atoms with Gasteiger partial charge in [-0.3, -0.25) is 0 Å². The summed E-state index contributed by atoms with van der Waals surface area (Å²) in [7, 11) is -3.30. The highest BCUT2D eigenvalue weighted by atomic mass is 32.2. The molecule has 0 saturated heterocycles. The van der Waals surface area contributed by atoms with Gasteiger partial charge in [0.05, 0.1) is 10.7 Å². The van der Waals surface area contributed by atoms with Crippen LogP contribution in [0.2, 0.25) is 0 Å². The second-order valence-electron chi connectivity index (χ2n) is 5.36. The molecule has 94 valence electrons. The first-order chi connectivity index (χ1) is 7.73. The summed E-state index contributed by atoms with van der Waals surface area (Å²) in [6.45, 7) is 13.2. The van der Waals surface area contributed by atoms with Crippen LogP contribution >= 0.6 is 0 Å². The molecular formula is C14H20O2S. The smallest absolute Gasteiger partial charge is 0.185 e. The van der Waals surface area contributed by atoms with E-state index in [0.717, 1.165) is 23.0 Å². The van der Waals surface area contributed by atoms with Crippen molar-refractivity contribution in [3.63, 3.8) is 0 Å². The summed E-state index contributed by atoms with van der Waals surface area (Å²) < 4.78 is 24.2. The van der Waals surface area contributed by atoms with Gasteiger partial charge in [0.25, 0.3) is 0 Å². The maximum Gasteiger partial charge on any atom is 0.185 e. The molecule has 1 rings (SSSR count). The molecule has 0 bridgehead atoms. The Morgan fingerprint density at radius 3 is 2.53 bits per heavy atom. The van der Waals surface area contributed by atoms with Gasteiger partial charge in [0.2, 0.25) is 0 Å². The Balaban J connectivity index is 3.33. The van der Waals surface area contributed by atoms with Crippen LogP contribution in [0.1, 0.15) is 33.6 Å². The normalized spacial score (nSPS) is 24.1. The van der Waals surface area contributed by atoms with Crippen molar-refractivity contribution in [2.45, 2.75) is 38.9 Å². The molecule has 0 N–H and O–H groups in total. The Labute approximate surface area is 104 Å². The van der Waals surface area contributed by atoms with E-state index in [-0.39, 0.29) is 5.41 Å². The summed E-state index contributed by atoms with van der Waals surface area (Å²) in [6, 6.07) is 0. The first kappa shape index (κ1) is 14.0. The molecule has 1 unspecified atom stereocenters. The largest absolute Gasteiger partial charge is 0.223 e. The van der Waals surface area contributed by atoms with Crippen LogP contribution in [0.3, 0.4) is 0 Å². The highest BCUT2D eigenvalue weighted by Crippen LogP contribution is 2.41. The van der Waals surface area contributed by atoms with Crippen molar-refractivity contribution >= 4 is 9.84 Å². The zero-order chi connectivity index (χ0) is 13.3. The standard InChI is InChI=1S/C14H20O2S/c1-6-8-17(15,16)13-10-14(4,5)9-12(7-2)11(13)3/h7-8,13H,1-2,9-10H2,3-5H3. The molecule has 2 nitrogen and oxygen atoms in total. The molecule has 0 aromatic rings. The van der Waals surface area contributed by atoms with E-state index in [1.54, 1.807) is 6.08 Å². The molecule has 1 aliphatic rings. The minimum atomic E-state index is -3.30. The van der Waals surface area contributed by atoms with Gasteiger partial charge in [-0.05, 0) is 30.8 Å². The lowest BCUT2D eigenvalue weighted by Gasteiger charge is -2.36. The molecular weight excluding hydrogens is 232 g/mol. The third-order valence-electron chi connectivity index (χ3n) is 3.29. The summed E-state index contributed by atoms with van der Waals surface area (Å²) in [6.07, 6.45) is 3.29. The Morgan fingerprint density at radius 2 is 2.06 bits per heavy atom. The molecule has 0 aromatic carbocycles. The molecule has 1 aliphatic carbocycles. The average Bonchev–Trinajstić information content (AvgIpc) is 2.20. The van der Waals surface area contributed by atoms with Gasteiger partial charge in [0.1, 0.15) is 0 Å². The van der Waals surface area contributed by atoms with Gasteiger partial charge in [-0.15, -0.1) is 5.73 Å². The number of allylic oxidation sites excluding steroid dienone is 2. The molecule has 0 amide bonds. The van der Waals surface area contributed by atoms with Gasteiger partial charge >= 0.3 is 0 Å². The monoisotopic (exact) mass is 252 g/mol. The van der Waals surface area contributed by atoms with Crippen LogP contribution in [0, 0.1) is 5.41 Å². The lowest BCUT2D eigenvalue weighted by molar-refractivity contribution is 0.317. The molecule has 0 aromatic heterocycles. The maximum atomic E-state index is 12.1. The van der Waals surface area contributed by atoms with Gasteiger partial charge in [0, 0.05) is 0 Å². The van der Waals surface area contributed by atoms with Crippen molar-refractivity contribution in [1.29, 1.82) is 0 Å². The van der Waals surface area contributed by atoms with Gasteiger partial charge in [0.15, 0.2) is 9.84 Å². The fraction of sp³-hybridized carbons (Fsp3) is 0.500. The van der Waals surface area contributed by atoms with Crippen LogP contribution in [-0.2, 0) is 9.84 Å². The molecule has 0 heterocycles. The molecule has 0 spiro atoms. The first-order valence-electron chi connectivity index (χ1n) is 5.65. The Morgan fingerprint density at radius 1 is 1.47 bits per heavy atom. The SMILES string of the molecule is C=C=CS(=O)(=O)C1CC(C)(C)CC(C=C)=C1C. The van der Waals surface area contributed by atoms with E-state index in [0.29, 0.717) is 6.42 Å². The van der Waals surface area contributed by atoms with Crippen molar-refractivity contribution in [2.75, 3.05) is 0 Å². The molecule has 1 atom stereocenters. The third-order valence-corrected chi connectivity index (χ3v) is 5.10. The minimum absolute atomic E-state index is 0.0181. The number of rotatable bonds is 3. The summed E-state index contributed by atoms with van der Waals surface area (Å²) in [5.41, 5.74) is 4.31. The van der Waals surface area contributed by atoms with Crippen molar-refractivity contribution < 1.29 is 8.42 Å². The number of hydrogen-bond acceptors (Lipinski definition) is 2. The van der Waals surface area contributed by atoms with E-state index in [4.69, 9.17) is 0 Å². The second-order valence-corrected chi connectivity index (χ2v) is 7.34. The van der Waals surface area contributed by atoms with Crippen LogP contribution in [-0.4, -0.2) is 13.7 Å². The van der Waals surface area contributed by atoms with Crippen molar-refractivity contribution in [3.8, 4) is 0 Å². The summed E-state index contributed by atoms with van der Waals surface area (Å²) >= 11 is 0. The van der Waals surface area contributed by atoms with Gasteiger partial charge < -0.3 is 0 Å². The summed E-state index contributed by atoms with van der Waals surface area (Å²) in [5, 5.41) is 0.622. The van der Waals surface area contributed by atoms with Crippen LogP contribution < -0.4 is 0 Å². The molecule has 17 heavy (non-hydrogen) atoms. The number of sulfone groups is 1. The van der Waals surface area contributed by atoms with Gasteiger partial charge in [-0.2, -0.15) is 0 Å². The predicted octanol–water partition coefficient (Wildman–Crippen LogP) is 3.39. The number of hydrogen-bond donors (Lipinski definition) is 0. The highest BCUT2D eigenvalue weighted by molar-refractivity contribution is 7.95. The van der Waals surface area contributed by atoms with Crippen LogP contribution in [0.5, 0.6) is 0 Å². The van der Waals surface area contributed by atoms with E-state index >= 15 is 0 Å². The molecule has 0 fully saturated rings. The Bertz CT molecular complexity index is 500. The zero-order valence-corrected chi connectivity index (χ0v) is 11.6. The third kappa shape index (κ3) is 2.99. The average molecular weight is 252 g/mol. The van der Waals surface area contributed by atoms with Crippen molar-refractivity contribution in [1.82, 2.24) is 0 Å². The van der Waals surface area contributed by atoms with Gasteiger partial charge in [-0.1, -0.05) is 38.7 Å². The van der Waals surface area contributed by atoms with E-state index < -0.39 is 15.1 Å². The fourth-order valence-electron chi connectivity index (χ4n) is 2.38. The molecule has 0 saturated carbocycles.